The standard InChI is InChI=1S/C18H23NO4/c1-21-16-8-4-7-15(18(19-13-20)9-2-3-10-18)17(16)23-14-6-5-11-22-12-14/h4,7-8,14H,2-3,5-6,9-12H2,1H3. The van der Waals surface area contributed by atoms with Crippen molar-refractivity contribution < 1.29 is 19.0 Å². The second-order valence-corrected chi connectivity index (χ2v) is 6.24. The minimum absolute atomic E-state index is 0.0115. The molecule has 0 aromatic heterocycles. The lowest BCUT2D eigenvalue weighted by atomic mass is 9.88. The van der Waals surface area contributed by atoms with Gasteiger partial charge >= 0.3 is 0 Å². The van der Waals surface area contributed by atoms with Crippen LogP contribution >= 0.6 is 0 Å². The van der Waals surface area contributed by atoms with Crippen LogP contribution in [0.2, 0.25) is 0 Å². The molecule has 0 bridgehead atoms. The summed E-state index contributed by atoms with van der Waals surface area (Å²) in [6.07, 6.45) is 7.52. The van der Waals surface area contributed by atoms with Crippen molar-refractivity contribution in [3.63, 3.8) is 0 Å². The van der Waals surface area contributed by atoms with Crippen LogP contribution in [0, 0.1) is 0 Å². The number of benzene rings is 1. The molecular weight excluding hydrogens is 294 g/mol. The van der Waals surface area contributed by atoms with Gasteiger partial charge in [-0.25, -0.2) is 4.79 Å². The molecule has 1 saturated heterocycles. The minimum Gasteiger partial charge on any atom is -0.493 e. The average Bonchev–Trinajstić information content (AvgIpc) is 3.06. The van der Waals surface area contributed by atoms with E-state index in [-0.39, 0.29) is 6.10 Å². The molecule has 0 N–H and O–H groups in total. The van der Waals surface area contributed by atoms with Crippen LogP contribution in [0.15, 0.2) is 23.2 Å². The highest BCUT2D eigenvalue weighted by Crippen LogP contribution is 2.48. The Hall–Kier alpha value is -1.84. The maximum atomic E-state index is 11.0. The summed E-state index contributed by atoms with van der Waals surface area (Å²) >= 11 is 0. The van der Waals surface area contributed by atoms with E-state index in [4.69, 9.17) is 14.2 Å². The van der Waals surface area contributed by atoms with E-state index in [1.165, 1.54) is 0 Å². The van der Waals surface area contributed by atoms with Gasteiger partial charge in [0.05, 0.1) is 13.7 Å². The molecule has 1 unspecified atom stereocenters. The molecule has 3 rings (SSSR count). The molecule has 1 aromatic carbocycles. The summed E-state index contributed by atoms with van der Waals surface area (Å²) in [5.74, 6) is 1.38. The van der Waals surface area contributed by atoms with Gasteiger partial charge in [0.2, 0.25) is 6.08 Å². The summed E-state index contributed by atoms with van der Waals surface area (Å²) in [7, 11) is 1.63. The molecule has 5 nitrogen and oxygen atoms in total. The highest BCUT2D eigenvalue weighted by atomic mass is 16.5. The van der Waals surface area contributed by atoms with Gasteiger partial charge < -0.3 is 14.2 Å². The third-order valence-corrected chi connectivity index (χ3v) is 4.79. The zero-order chi connectivity index (χ0) is 16.1. The molecule has 1 atom stereocenters. The monoisotopic (exact) mass is 317 g/mol. The molecule has 2 fully saturated rings. The lowest BCUT2D eigenvalue weighted by molar-refractivity contribution is 0.00555. The average molecular weight is 317 g/mol. The predicted molar refractivity (Wildman–Crippen MR) is 85.7 cm³/mol. The lowest BCUT2D eigenvalue weighted by Crippen LogP contribution is -2.30. The van der Waals surface area contributed by atoms with Gasteiger partial charge in [-0.2, -0.15) is 4.99 Å². The molecule has 1 saturated carbocycles. The zero-order valence-electron chi connectivity index (χ0n) is 13.5. The van der Waals surface area contributed by atoms with Crippen LogP contribution in [-0.2, 0) is 15.1 Å². The number of para-hydroxylation sites is 1. The molecule has 0 amide bonds. The van der Waals surface area contributed by atoms with Crippen molar-refractivity contribution >= 4 is 6.08 Å². The van der Waals surface area contributed by atoms with Crippen LogP contribution in [0.3, 0.4) is 0 Å². The van der Waals surface area contributed by atoms with E-state index in [0.717, 1.165) is 50.7 Å². The van der Waals surface area contributed by atoms with Crippen molar-refractivity contribution in [3.8, 4) is 11.5 Å². The normalized spacial score (nSPS) is 23.1. The number of isocyanates is 1. The number of hydrogen-bond acceptors (Lipinski definition) is 5. The van der Waals surface area contributed by atoms with Crippen LogP contribution < -0.4 is 9.47 Å². The predicted octanol–water partition coefficient (Wildman–Crippen LogP) is 3.36. The number of ether oxygens (including phenoxy) is 3. The van der Waals surface area contributed by atoms with Gasteiger partial charge in [0.1, 0.15) is 11.6 Å². The van der Waals surface area contributed by atoms with E-state index in [1.807, 2.05) is 18.2 Å². The topological polar surface area (TPSA) is 57.1 Å². The second kappa shape index (κ2) is 7.16. The van der Waals surface area contributed by atoms with Gasteiger partial charge in [-0.15, -0.1) is 0 Å². The van der Waals surface area contributed by atoms with Gasteiger partial charge in [0.15, 0.2) is 11.5 Å². The Labute approximate surface area is 136 Å². The third kappa shape index (κ3) is 3.26. The SMILES string of the molecule is COc1cccc(C2(N=C=O)CCCC2)c1OC1CCCOC1. The van der Waals surface area contributed by atoms with E-state index in [2.05, 4.69) is 4.99 Å². The van der Waals surface area contributed by atoms with Crippen LogP contribution in [0.5, 0.6) is 11.5 Å². The maximum absolute atomic E-state index is 11.0. The van der Waals surface area contributed by atoms with Gasteiger partial charge in [0, 0.05) is 12.2 Å². The molecule has 0 radical (unpaired) electrons. The summed E-state index contributed by atoms with van der Waals surface area (Å²) in [6, 6.07) is 5.81. The van der Waals surface area contributed by atoms with Crippen molar-refractivity contribution in [2.24, 2.45) is 4.99 Å². The lowest BCUT2D eigenvalue weighted by Gasteiger charge is -2.30. The first-order valence-electron chi connectivity index (χ1n) is 8.30. The first kappa shape index (κ1) is 16.0. The summed E-state index contributed by atoms with van der Waals surface area (Å²) in [5.41, 5.74) is 0.407. The fraction of sp³-hybridized carbons (Fsp3) is 0.611. The van der Waals surface area contributed by atoms with E-state index in [0.29, 0.717) is 18.1 Å². The Morgan fingerprint density at radius 1 is 1.30 bits per heavy atom. The van der Waals surface area contributed by atoms with Crippen LogP contribution in [0.1, 0.15) is 44.1 Å². The Kier molecular flexibility index (Phi) is 4.99. The molecular formula is C18H23NO4. The smallest absolute Gasteiger partial charge is 0.235 e. The molecule has 5 heteroatoms. The molecule has 1 heterocycles. The number of nitrogens with zero attached hydrogens (tertiary/aromatic N) is 1. The molecule has 2 aliphatic rings. The summed E-state index contributed by atoms with van der Waals surface area (Å²) in [4.78, 5) is 15.2. The highest BCUT2D eigenvalue weighted by molar-refractivity contribution is 5.52. The highest BCUT2D eigenvalue weighted by Gasteiger charge is 2.39. The number of hydrogen-bond donors (Lipinski definition) is 0. The first-order chi connectivity index (χ1) is 11.3. The number of carbonyl (C=O) groups excluding carboxylic acids is 1. The maximum Gasteiger partial charge on any atom is 0.235 e. The Balaban J connectivity index is 2.00. The minimum atomic E-state index is -0.527. The van der Waals surface area contributed by atoms with Gasteiger partial charge in [-0.3, -0.25) is 0 Å². The molecule has 0 spiro atoms. The number of aliphatic imine (C=N–C) groups is 1. The zero-order valence-corrected chi connectivity index (χ0v) is 13.5. The summed E-state index contributed by atoms with van der Waals surface area (Å²) in [5, 5.41) is 0. The van der Waals surface area contributed by atoms with E-state index in [1.54, 1.807) is 13.2 Å². The quantitative estimate of drug-likeness (QED) is 0.617. The van der Waals surface area contributed by atoms with Crippen molar-refractivity contribution in [1.82, 2.24) is 0 Å². The molecule has 124 valence electrons. The largest absolute Gasteiger partial charge is 0.493 e. The Bertz CT molecular complexity index is 583. The van der Waals surface area contributed by atoms with E-state index < -0.39 is 5.54 Å². The van der Waals surface area contributed by atoms with Crippen molar-refractivity contribution in [2.75, 3.05) is 20.3 Å². The molecule has 23 heavy (non-hydrogen) atoms. The van der Waals surface area contributed by atoms with Crippen LogP contribution in [0.4, 0.5) is 0 Å². The van der Waals surface area contributed by atoms with Gasteiger partial charge in [-0.1, -0.05) is 25.0 Å². The van der Waals surface area contributed by atoms with E-state index >= 15 is 0 Å². The van der Waals surface area contributed by atoms with Crippen molar-refractivity contribution in [2.45, 2.75) is 50.2 Å². The molecule has 1 aromatic rings. The Morgan fingerprint density at radius 2 is 2.13 bits per heavy atom. The first-order valence-corrected chi connectivity index (χ1v) is 8.30. The number of methoxy groups -OCH3 is 1. The molecule has 1 aliphatic heterocycles. The fourth-order valence-corrected chi connectivity index (χ4v) is 3.62. The molecule has 1 aliphatic carbocycles. The van der Waals surface area contributed by atoms with Crippen molar-refractivity contribution in [1.29, 1.82) is 0 Å². The van der Waals surface area contributed by atoms with Gasteiger partial charge in [0.25, 0.3) is 0 Å². The van der Waals surface area contributed by atoms with Crippen LogP contribution in [-0.4, -0.2) is 32.5 Å². The third-order valence-electron chi connectivity index (χ3n) is 4.79. The van der Waals surface area contributed by atoms with Gasteiger partial charge in [-0.05, 0) is 31.7 Å². The summed E-state index contributed by atoms with van der Waals surface area (Å²) in [6.45, 7) is 1.37. The number of rotatable bonds is 5. The fourth-order valence-electron chi connectivity index (χ4n) is 3.62. The van der Waals surface area contributed by atoms with E-state index in [9.17, 15) is 4.79 Å². The second-order valence-electron chi connectivity index (χ2n) is 6.24. The van der Waals surface area contributed by atoms with Crippen LogP contribution in [0.25, 0.3) is 0 Å². The van der Waals surface area contributed by atoms with Crippen molar-refractivity contribution in [3.05, 3.63) is 23.8 Å². The summed E-state index contributed by atoms with van der Waals surface area (Å²) < 4.78 is 17.3. The Morgan fingerprint density at radius 3 is 2.78 bits per heavy atom.